The molecule has 0 aliphatic heterocycles. The highest BCUT2D eigenvalue weighted by atomic mass is 15.1. The maximum Gasteiger partial charge on any atom is 0.164 e. The zero-order chi connectivity index (χ0) is 39.6. The second kappa shape index (κ2) is 13.7. The van der Waals surface area contributed by atoms with Gasteiger partial charge >= 0.3 is 0 Å². The summed E-state index contributed by atoms with van der Waals surface area (Å²) in [5.74, 6) is 2.42. The molecule has 0 unspecified atom stereocenters. The highest BCUT2D eigenvalue weighted by Crippen LogP contribution is 2.42. The minimum Gasteiger partial charge on any atom is -0.307 e. The van der Waals surface area contributed by atoms with Crippen molar-refractivity contribution in [2.45, 2.75) is 0 Å². The average molecular weight is 768 g/mol. The summed E-state index contributed by atoms with van der Waals surface area (Å²) >= 11 is 0. The van der Waals surface area contributed by atoms with E-state index in [1.165, 1.54) is 21.5 Å². The Hall–Kier alpha value is -8.29. The van der Waals surface area contributed by atoms with Gasteiger partial charge in [-0.15, -0.1) is 0 Å². The van der Waals surface area contributed by atoms with Gasteiger partial charge < -0.3 is 9.13 Å². The molecule has 8 aromatic carbocycles. The molecule has 7 nitrogen and oxygen atoms in total. The lowest BCUT2D eigenvalue weighted by atomic mass is 10.1. The van der Waals surface area contributed by atoms with Gasteiger partial charge in [-0.3, -0.25) is 0 Å². The number of nitrogens with zero attached hydrogens (tertiary/aromatic N) is 7. The van der Waals surface area contributed by atoms with Gasteiger partial charge in [0.05, 0.1) is 33.3 Å². The Morgan fingerprint density at radius 1 is 0.333 bits per heavy atom. The summed E-state index contributed by atoms with van der Waals surface area (Å²) in [5.41, 5.74) is 11.0. The van der Waals surface area contributed by atoms with Crippen LogP contribution in [0, 0.1) is 0 Å². The minimum atomic E-state index is 0.578. The first-order chi connectivity index (χ1) is 29.8. The van der Waals surface area contributed by atoms with E-state index in [4.69, 9.17) is 24.9 Å². The minimum absolute atomic E-state index is 0.578. The van der Waals surface area contributed by atoms with Crippen molar-refractivity contribution < 1.29 is 0 Å². The third kappa shape index (κ3) is 5.41. The Kier molecular flexibility index (Phi) is 7.71. The van der Waals surface area contributed by atoms with Gasteiger partial charge in [-0.05, 0) is 36.4 Å². The molecule has 0 radical (unpaired) electrons. The summed E-state index contributed by atoms with van der Waals surface area (Å²) in [4.78, 5) is 25.2. The van der Waals surface area contributed by atoms with Crippen LogP contribution in [0.2, 0.25) is 0 Å². The molecule has 4 aromatic heterocycles. The average Bonchev–Trinajstić information content (AvgIpc) is 3.85. The SMILES string of the molecule is c1ccc(-c2nc(-c3ccccc3)nc(-c3cccc(-c4ncc5cccc(-n6c7ccccc7c7ccc8c9ccccc9n(-c9ccccc9)c8c76)c5n4)c3)n2)cc1. The number of aromatic nitrogens is 7. The molecule has 0 aliphatic carbocycles. The first-order valence-electron chi connectivity index (χ1n) is 20.0. The standard InChI is InChI=1S/C53H33N7/c1-4-16-34(17-5-1)51-56-52(35-18-6-2-7-19-35)58-53(57-51)37-21-14-20-36(32-37)50-54-33-38-22-15-29-46(47(38)55-50)60-45-28-13-11-26-41(45)43-31-30-42-40-25-10-12-27-44(40)59(48(42)49(43)60)39-23-8-3-9-24-39/h1-33H. The van der Waals surface area contributed by atoms with Crippen LogP contribution in [0.3, 0.4) is 0 Å². The molecule has 12 aromatic rings. The normalized spacial score (nSPS) is 11.7. The Morgan fingerprint density at radius 3 is 1.45 bits per heavy atom. The predicted molar refractivity (Wildman–Crippen MR) is 243 cm³/mol. The highest BCUT2D eigenvalue weighted by Gasteiger charge is 2.22. The molecule has 12 rings (SSSR count). The number of hydrogen-bond donors (Lipinski definition) is 0. The van der Waals surface area contributed by atoms with Crippen molar-refractivity contribution in [2.75, 3.05) is 0 Å². The summed E-state index contributed by atoms with van der Waals surface area (Å²) in [6.45, 7) is 0. The van der Waals surface area contributed by atoms with Crippen LogP contribution < -0.4 is 0 Å². The monoisotopic (exact) mass is 767 g/mol. The van der Waals surface area contributed by atoms with Crippen LogP contribution >= 0.6 is 0 Å². The molecule has 0 atom stereocenters. The predicted octanol–water partition coefficient (Wildman–Crippen LogP) is 12.7. The number of para-hydroxylation sites is 4. The van der Waals surface area contributed by atoms with Crippen LogP contribution in [0.25, 0.3) is 111 Å². The fourth-order valence-electron chi connectivity index (χ4n) is 8.69. The molecule has 7 heteroatoms. The van der Waals surface area contributed by atoms with E-state index in [1.807, 2.05) is 85.1 Å². The van der Waals surface area contributed by atoms with Crippen LogP contribution in [-0.2, 0) is 0 Å². The van der Waals surface area contributed by atoms with Gasteiger partial charge in [-0.25, -0.2) is 24.9 Å². The molecule has 0 bridgehead atoms. The lowest BCUT2D eigenvalue weighted by molar-refractivity contribution is 1.07. The largest absolute Gasteiger partial charge is 0.307 e. The van der Waals surface area contributed by atoms with E-state index in [0.717, 1.165) is 66.6 Å². The van der Waals surface area contributed by atoms with Gasteiger partial charge in [0.15, 0.2) is 23.3 Å². The van der Waals surface area contributed by atoms with E-state index in [2.05, 4.69) is 124 Å². The van der Waals surface area contributed by atoms with Gasteiger partial charge in [-0.1, -0.05) is 158 Å². The maximum absolute atomic E-state index is 5.39. The number of hydrogen-bond acceptors (Lipinski definition) is 5. The van der Waals surface area contributed by atoms with Gasteiger partial charge in [-0.2, -0.15) is 0 Å². The van der Waals surface area contributed by atoms with E-state index in [9.17, 15) is 0 Å². The first-order valence-corrected chi connectivity index (χ1v) is 20.0. The van der Waals surface area contributed by atoms with Crippen molar-refractivity contribution in [3.05, 3.63) is 200 Å². The Labute approximate surface area is 344 Å². The Morgan fingerprint density at radius 2 is 0.817 bits per heavy atom. The van der Waals surface area contributed by atoms with E-state index < -0.39 is 0 Å². The first kappa shape index (κ1) is 33.8. The van der Waals surface area contributed by atoms with Crippen LogP contribution in [-0.4, -0.2) is 34.1 Å². The molecule has 0 aliphatic rings. The summed E-state index contributed by atoms with van der Waals surface area (Å²) in [6, 6.07) is 67.2. The van der Waals surface area contributed by atoms with E-state index in [1.54, 1.807) is 0 Å². The van der Waals surface area contributed by atoms with Gasteiger partial charge in [0, 0.05) is 61.1 Å². The summed E-state index contributed by atoms with van der Waals surface area (Å²) in [7, 11) is 0. The molecule has 280 valence electrons. The fraction of sp³-hybridized carbons (Fsp3) is 0. The molecule has 60 heavy (non-hydrogen) atoms. The third-order valence-electron chi connectivity index (χ3n) is 11.4. The van der Waals surface area contributed by atoms with E-state index >= 15 is 0 Å². The summed E-state index contributed by atoms with van der Waals surface area (Å²) in [5, 5.41) is 5.72. The van der Waals surface area contributed by atoms with Gasteiger partial charge in [0.2, 0.25) is 0 Å². The summed E-state index contributed by atoms with van der Waals surface area (Å²) < 4.78 is 4.81. The fourth-order valence-corrected chi connectivity index (χ4v) is 8.69. The summed E-state index contributed by atoms with van der Waals surface area (Å²) in [6.07, 6.45) is 1.93. The smallest absolute Gasteiger partial charge is 0.164 e. The molecule has 0 amide bonds. The molecule has 0 fully saturated rings. The van der Waals surface area contributed by atoms with Crippen molar-refractivity contribution >= 4 is 54.5 Å². The zero-order valence-corrected chi connectivity index (χ0v) is 32.2. The maximum atomic E-state index is 5.39. The molecular weight excluding hydrogens is 735 g/mol. The van der Waals surface area contributed by atoms with Crippen molar-refractivity contribution in [1.29, 1.82) is 0 Å². The van der Waals surface area contributed by atoms with E-state index in [-0.39, 0.29) is 0 Å². The Bertz CT molecular complexity index is 3540. The highest BCUT2D eigenvalue weighted by molar-refractivity contribution is 6.24. The zero-order valence-electron chi connectivity index (χ0n) is 32.2. The van der Waals surface area contributed by atoms with Gasteiger partial charge in [0.1, 0.15) is 0 Å². The van der Waals surface area contributed by atoms with Crippen molar-refractivity contribution in [1.82, 2.24) is 34.1 Å². The second-order valence-corrected chi connectivity index (χ2v) is 14.9. The van der Waals surface area contributed by atoms with Crippen LogP contribution in [0.1, 0.15) is 0 Å². The van der Waals surface area contributed by atoms with Crippen molar-refractivity contribution in [2.24, 2.45) is 0 Å². The topological polar surface area (TPSA) is 74.3 Å². The lowest BCUT2D eigenvalue weighted by Gasteiger charge is -2.14. The quantitative estimate of drug-likeness (QED) is 0.168. The Balaban J connectivity index is 1.07. The molecular formula is C53H33N7. The molecule has 0 N–H and O–H groups in total. The van der Waals surface area contributed by atoms with Gasteiger partial charge in [0.25, 0.3) is 0 Å². The molecule has 0 saturated carbocycles. The molecule has 0 spiro atoms. The van der Waals surface area contributed by atoms with Crippen molar-refractivity contribution in [3.63, 3.8) is 0 Å². The molecule has 4 heterocycles. The second-order valence-electron chi connectivity index (χ2n) is 14.9. The lowest BCUT2D eigenvalue weighted by Crippen LogP contribution is -2.01. The van der Waals surface area contributed by atoms with Crippen LogP contribution in [0.4, 0.5) is 0 Å². The van der Waals surface area contributed by atoms with Crippen molar-refractivity contribution in [3.8, 4) is 56.9 Å². The molecule has 0 saturated heterocycles. The number of rotatable bonds is 6. The third-order valence-corrected chi connectivity index (χ3v) is 11.4. The van der Waals surface area contributed by atoms with Crippen LogP contribution in [0.5, 0.6) is 0 Å². The number of benzene rings is 8. The number of fused-ring (bicyclic) bond motifs is 8. The van der Waals surface area contributed by atoms with Crippen LogP contribution in [0.15, 0.2) is 200 Å². The van der Waals surface area contributed by atoms with E-state index in [0.29, 0.717) is 23.3 Å².